The number of nitrogens with one attached hydrogen (secondary N) is 1. The Hall–Kier alpha value is -3.04. The van der Waals surface area contributed by atoms with E-state index in [1.165, 1.54) is 23.4 Å². The standard InChI is InChI=1S/C18H18F2N6O/c19-13-1-3-15(16(20)6-13)18(27,9-26-11-22-10-23-26)8-25-7-12-5-14(21)2-4-17(12)24-25/h1-6,10-11,24,27H,7-9,21H2. The summed E-state index contributed by atoms with van der Waals surface area (Å²) < 4.78 is 29.2. The predicted octanol–water partition coefficient (Wildman–Crippen LogP) is 1.87. The number of hydrazine groups is 1. The van der Waals surface area contributed by atoms with Crippen molar-refractivity contribution in [2.75, 3.05) is 17.7 Å². The van der Waals surface area contributed by atoms with Crippen LogP contribution in [0.15, 0.2) is 49.1 Å². The second-order valence-corrected chi connectivity index (χ2v) is 6.63. The Morgan fingerprint density at radius 3 is 2.78 bits per heavy atom. The molecule has 0 fully saturated rings. The minimum Gasteiger partial charge on any atom is -0.399 e. The summed E-state index contributed by atoms with van der Waals surface area (Å²) in [6.07, 6.45) is 2.76. The van der Waals surface area contributed by atoms with Crippen LogP contribution in [0.1, 0.15) is 11.1 Å². The maximum Gasteiger partial charge on any atom is 0.137 e. The Balaban J connectivity index is 1.64. The quantitative estimate of drug-likeness (QED) is 0.592. The number of aromatic nitrogens is 3. The van der Waals surface area contributed by atoms with E-state index in [9.17, 15) is 13.9 Å². The molecule has 0 saturated heterocycles. The zero-order chi connectivity index (χ0) is 19.0. The van der Waals surface area contributed by atoms with Crippen molar-refractivity contribution in [3.05, 3.63) is 71.8 Å². The molecule has 0 saturated carbocycles. The molecule has 1 atom stereocenters. The molecule has 140 valence electrons. The number of halogens is 2. The van der Waals surface area contributed by atoms with Gasteiger partial charge in [-0.05, 0) is 29.8 Å². The number of fused-ring (bicyclic) bond motifs is 1. The zero-order valence-electron chi connectivity index (χ0n) is 14.3. The van der Waals surface area contributed by atoms with Crippen LogP contribution in [0.3, 0.4) is 0 Å². The Morgan fingerprint density at radius 1 is 1.19 bits per heavy atom. The summed E-state index contributed by atoms with van der Waals surface area (Å²) in [5.74, 6) is -1.53. The van der Waals surface area contributed by atoms with Crippen molar-refractivity contribution in [1.29, 1.82) is 0 Å². The average molecular weight is 372 g/mol. The first-order valence-corrected chi connectivity index (χ1v) is 8.33. The van der Waals surface area contributed by atoms with E-state index in [-0.39, 0.29) is 18.7 Å². The largest absolute Gasteiger partial charge is 0.399 e. The van der Waals surface area contributed by atoms with Crippen molar-refractivity contribution in [2.24, 2.45) is 0 Å². The molecule has 0 bridgehead atoms. The minimum atomic E-state index is -1.67. The lowest BCUT2D eigenvalue weighted by Gasteiger charge is -2.33. The van der Waals surface area contributed by atoms with Crippen molar-refractivity contribution in [1.82, 2.24) is 19.8 Å². The predicted molar refractivity (Wildman–Crippen MR) is 95.2 cm³/mol. The van der Waals surface area contributed by atoms with Crippen LogP contribution in [-0.4, -0.2) is 31.4 Å². The van der Waals surface area contributed by atoms with Gasteiger partial charge in [-0.25, -0.2) is 23.5 Å². The van der Waals surface area contributed by atoms with E-state index in [0.29, 0.717) is 12.2 Å². The number of hydrogen-bond donors (Lipinski definition) is 3. The Morgan fingerprint density at radius 2 is 2.04 bits per heavy atom. The van der Waals surface area contributed by atoms with Crippen LogP contribution in [-0.2, 0) is 18.7 Å². The minimum absolute atomic E-state index is 0.0170. The lowest BCUT2D eigenvalue weighted by molar-refractivity contribution is -0.0160. The first kappa shape index (κ1) is 17.4. The summed E-state index contributed by atoms with van der Waals surface area (Å²) in [5.41, 5.74) is 9.78. The van der Waals surface area contributed by atoms with E-state index in [1.807, 2.05) is 12.1 Å². The number of benzene rings is 2. The molecule has 0 aliphatic carbocycles. The third-order valence-corrected chi connectivity index (χ3v) is 4.54. The van der Waals surface area contributed by atoms with Crippen LogP contribution in [0.2, 0.25) is 0 Å². The van der Waals surface area contributed by atoms with E-state index in [0.717, 1.165) is 23.4 Å². The second-order valence-electron chi connectivity index (χ2n) is 6.63. The number of nitrogen functional groups attached to an aromatic ring is 1. The van der Waals surface area contributed by atoms with Gasteiger partial charge in [0.1, 0.15) is 29.9 Å². The topological polar surface area (TPSA) is 92.2 Å². The van der Waals surface area contributed by atoms with E-state index < -0.39 is 17.2 Å². The fraction of sp³-hybridized carbons (Fsp3) is 0.222. The normalized spacial score (nSPS) is 16.0. The van der Waals surface area contributed by atoms with Gasteiger partial charge in [-0.2, -0.15) is 5.10 Å². The van der Waals surface area contributed by atoms with Gasteiger partial charge >= 0.3 is 0 Å². The molecule has 4 rings (SSSR count). The van der Waals surface area contributed by atoms with Crippen LogP contribution in [0.25, 0.3) is 0 Å². The molecule has 4 N–H and O–H groups in total. The van der Waals surface area contributed by atoms with Crippen LogP contribution in [0, 0.1) is 11.6 Å². The molecular formula is C18H18F2N6O. The van der Waals surface area contributed by atoms with Gasteiger partial charge < -0.3 is 16.3 Å². The molecule has 1 aliphatic heterocycles. The fourth-order valence-electron chi connectivity index (χ4n) is 3.35. The molecule has 2 aromatic carbocycles. The molecule has 2 heterocycles. The number of rotatable bonds is 5. The van der Waals surface area contributed by atoms with Gasteiger partial charge in [-0.15, -0.1) is 0 Å². The van der Waals surface area contributed by atoms with Crippen LogP contribution in [0.5, 0.6) is 0 Å². The van der Waals surface area contributed by atoms with Gasteiger partial charge in [-0.3, -0.25) is 0 Å². The van der Waals surface area contributed by atoms with Crippen molar-refractivity contribution in [3.8, 4) is 0 Å². The molecule has 0 amide bonds. The van der Waals surface area contributed by atoms with Crippen molar-refractivity contribution < 1.29 is 13.9 Å². The van der Waals surface area contributed by atoms with Gasteiger partial charge in [-0.1, -0.05) is 6.07 Å². The molecule has 1 aromatic heterocycles. The SMILES string of the molecule is Nc1ccc2c(c1)CN(CC(O)(Cn1cncn1)c1ccc(F)cc1F)N2. The second kappa shape index (κ2) is 6.60. The highest BCUT2D eigenvalue weighted by Crippen LogP contribution is 2.32. The smallest absolute Gasteiger partial charge is 0.137 e. The monoisotopic (exact) mass is 372 g/mol. The Kier molecular flexibility index (Phi) is 4.25. The molecule has 27 heavy (non-hydrogen) atoms. The van der Waals surface area contributed by atoms with Gasteiger partial charge in [0.05, 0.1) is 18.8 Å². The average Bonchev–Trinajstić information content (AvgIpc) is 3.23. The summed E-state index contributed by atoms with van der Waals surface area (Å²) in [6, 6.07) is 8.60. The number of anilines is 2. The van der Waals surface area contributed by atoms with Crippen molar-refractivity contribution >= 4 is 11.4 Å². The molecule has 7 nitrogen and oxygen atoms in total. The molecule has 0 spiro atoms. The number of aliphatic hydroxyl groups is 1. The zero-order valence-corrected chi connectivity index (χ0v) is 14.3. The highest BCUT2D eigenvalue weighted by atomic mass is 19.1. The maximum atomic E-state index is 14.5. The Bertz CT molecular complexity index is 964. The number of nitrogens with zero attached hydrogens (tertiary/aromatic N) is 4. The molecular weight excluding hydrogens is 354 g/mol. The highest BCUT2D eigenvalue weighted by molar-refractivity contribution is 5.59. The van der Waals surface area contributed by atoms with Crippen LogP contribution < -0.4 is 11.2 Å². The summed E-state index contributed by atoms with van der Waals surface area (Å²) >= 11 is 0. The molecule has 3 aromatic rings. The highest BCUT2D eigenvalue weighted by Gasteiger charge is 2.37. The van der Waals surface area contributed by atoms with E-state index in [4.69, 9.17) is 5.73 Å². The number of nitrogens with two attached hydrogens (primary N) is 1. The van der Waals surface area contributed by atoms with Gasteiger partial charge in [0.2, 0.25) is 0 Å². The first-order valence-electron chi connectivity index (χ1n) is 8.33. The molecule has 1 unspecified atom stereocenters. The molecule has 0 radical (unpaired) electrons. The summed E-state index contributed by atoms with van der Waals surface area (Å²) in [5, 5.41) is 17.1. The van der Waals surface area contributed by atoms with E-state index >= 15 is 0 Å². The van der Waals surface area contributed by atoms with Crippen LogP contribution >= 0.6 is 0 Å². The van der Waals surface area contributed by atoms with Gasteiger partial charge in [0.15, 0.2) is 0 Å². The van der Waals surface area contributed by atoms with Crippen molar-refractivity contribution in [3.63, 3.8) is 0 Å². The summed E-state index contributed by atoms with van der Waals surface area (Å²) in [7, 11) is 0. The lowest BCUT2D eigenvalue weighted by atomic mass is 9.92. The number of β-amino-alcohol motifs (C(OH)–C–C–N with tert-alkyl or cyclic N) is 1. The third-order valence-electron chi connectivity index (χ3n) is 4.54. The fourth-order valence-corrected chi connectivity index (χ4v) is 3.35. The van der Waals surface area contributed by atoms with Crippen molar-refractivity contribution in [2.45, 2.75) is 18.7 Å². The lowest BCUT2D eigenvalue weighted by Crippen LogP contribution is -2.45. The maximum absolute atomic E-state index is 14.5. The summed E-state index contributed by atoms with van der Waals surface area (Å²) in [4.78, 5) is 3.85. The number of hydrogen-bond acceptors (Lipinski definition) is 6. The third kappa shape index (κ3) is 3.46. The van der Waals surface area contributed by atoms with Gasteiger partial charge in [0.25, 0.3) is 0 Å². The Labute approximate surface area is 154 Å². The first-order chi connectivity index (χ1) is 12.9. The van der Waals surface area contributed by atoms with Gasteiger partial charge in [0, 0.05) is 23.9 Å². The van der Waals surface area contributed by atoms with E-state index in [2.05, 4.69) is 15.5 Å². The summed E-state index contributed by atoms with van der Waals surface area (Å²) in [6.45, 7) is 0.457. The molecule has 9 heteroatoms. The molecule has 1 aliphatic rings. The van der Waals surface area contributed by atoms with E-state index in [1.54, 1.807) is 11.1 Å². The van der Waals surface area contributed by atoms with Crippen LogP contribution in [0.4, 0.5) is 20.2 Å².